The van der Waals surface area contributed by atoms with Crippen molar-refractivity contribution in [2.75, 3.05) is 0 Å². The Kier molecular flexibility index (Phi) is 3.60. The Bertz CT molecular complexity index is 321. The van der Waals surface area contributed by atoms with Gasteiger partial charge in [-0.3, -0.25) is 0 Å². The minimum Gasteiger partial charge on any atom is -0.0850 e. The molecule has 0 aliphatic heterocycles. The first-order chi connectivity index (χ1) is 7.38. The van der Waals surface area contributed by atoms with Crippen LogP contribution in [0.3, 0.4) is 0 Å². The molecule has 1 unspecified atom stereocenters. The van der Waals surface area contributed by atoms with E-state index in [1.54, 1.807) is 5.57 Å². The van der Waals surface area contributed by atoms with E-state index < -0.39 is 0 Å². The summed E-state index contributed by atoms with van der Waals surface area (Å²) < 4.78 is 0. The number of fused-ring (bicyclic) bond motifs is 2. The number of rotatable bonds is 1. The summed E-state index contributed by atoms with van der Waals surface area (Å²) in [5.74, 6) is 1.08. The van der Waals surface area contributed by atoms with Gasteiger partial charge >= 0.3 is 0 Å². The summed E-state index contributed by atoms with van der Waals surface area (Å²) in [6.45, 7) is 2.16. The first kappa shape index (κ1) is 10.5. The zero-order chi connectivity index (χ0) is 10.5. The monoisotopic (exact) mass is 200 g/mol. The lowest BCUT2D eigenvalue weighted by molar-refractivity contribution is 0.576. The number of hydrogen-bond donors (Lipinski definition) is 0. The van der Waals surface area contributed by atoms with E-state index in [-0.39, 0.29) is 0 Å². The molecule has 1 aromatic rings. The second-order valence-electron chi connectivity index (χ2n) is 4.55. The summed E-state index contributed by atoms with van der Waals surface area (Å²) >= 11 is 0. The van der Waals surface area contributed by atoms with E-state index in [9.17, 15) is 0 Å². The minimum absolute atomic E-state index is 1.08. The maximum atomic E-state index is 2.42. The van der Waals surface area contributed by atoms with Crippen molar-refractivity contribution in [3.05, 3.63) is 47.5 Å². The van der Waals surface area contributed by atoms with Crippen molar-refractivity contribution < 1.29 is 0 Å². The van der Waals surface area contributed by atoms with Gasteiger partial charge in [0, 0.05) is 0 Å². The van der Waals surface area contributed by atoms with Gasteiger partial charge in [-0.2, -0.15) is 0 Å². The standard InChI is InChI=1S/C8H10.C7H10/c1-2-8-6-4-3-5-7-8;1-2-7-4-3-6(1)5-7/h3-7H,2H2,1H3;1,7H,2-5H2. The molecule has 2 aliphatic carbocycles. The molecule has 2 bridgehead atoms. The third-order valence-electron chi connectivity index (χ3n) is 3.42. The van der Waals surface area contributed by atoms with Gasteiger partial charge in [0.15, 0.2) is 0 Å². The van der Waals surface area contributed by atoms with Crippen LogP contribution >= 0.6 is 0 Å². The van der Waals surface area contributed by atoms with E-state index in [0.717, 1.165) is 12.3 Å². The molecule has 0 spiro atoms. The van der Waals surface area contributed by atoms with Crippen molar-refractivity contribution >= 4 is 0 Å². The molecule has 0 aromatic heterocycles. The van der Waals surface area contributed by atoms with Crippen LogP contribution in [0.4, 0.5) is 0 Å². The predicted octanol–water partition coefficient (Wildman–Crippen LogP) is 4.37. The summed E-state index contributed by atoms with van der Waals surface area (Å²) in [4.78, 5) is 0. The molecule has 3 rings (SSSR count). The zero-order valence-corrected chi connectivity index (χ0v) is 9.58. The second-order valence-corrected chi connectivity index (χ2v) is 4.55. The Hall–Kier alpha value is -1.04. The molecule has 1 fully saturated rings. The van der Waals surface area contributed by atoms with Crippen LogP contribution in [0.2, 0.25) is 0 Å². The Morgan fingerprint density at radius 2 is 2.00 bits per heavy atom. The summed E-state index contributed by atoms with van der Waals surface area (Å²) in [6, 6.07) is 10.5. The average Bonchev–Trinajstić information content (AvgIpc) is 2.95. The quantitative estimate of drug-likeness (QED) is 0.591. The van der Waals surface area contributed by atoms with Gasteiger partial charge < -0.3 is 0 Å². The fourth-order valence-electron chi connectivity index (χ4n) is 2.40. The van der Waals surface area contributed by atoms with E-state index in [1.165, 1.54) is 31.2 Å². The third kappa shape index (κ3) is 2.95. The topological polar surface area (TPSA) is 0 Å². The molecule has 1 aromatic carbocycles. The molecule has 0 radical (unpaired) electrons. The lowest BCUT2D eigenvalue weighted by Gasteiger charge is -1.98. The van der Waals surface area contributed by atoms with Crippen LogP contribution in [0.25, 0.3) is 0 Å². The molecule has 0 heterocycles. The molecule has 15 heavy (non-hydrogen) atoms. The third-order valence-corrected chi connectivity index (χ3v) is 3.42. The Morgan fingerprint density at radius 1 is 1.20 bits per heavy atom. The molecule has 1 saturated carbocycles. The fraction of sp³-hybridized carbons (Fsp3) is 0.467. The van der Waals surface area contributed by atoms with Gasteiger partial charge in [0.1, 0.15) is 0 Å². The molecule has 2 aliphatic rings. The maximum Gasteiger partial charge on any atom is -0.0289 e. The first-order valence-corrected chi connectivity index (χ1v) is 6.10. The molecule has 0 N–H and O–H groups in total. The van der Waals surface area contributed by atoms with Crippen molar-refractivity contribution in [1.29, 1.82) is 0 Å². The molecule has 0 amide bonds. The highest BCUT2D eigenvalue weighted by Crippen LogP contribution is 2.38. The summed E-state index contributed by atoms with van der Waals surface area (Å²) in [7, 11) is 0. The van der Waals surface area contributed by atoms with Crippen molar-refractivity contribution in [2.45, 2.75) is 39.0 Å². The average molecular weight is 200 g/mol. The highest BCUT2D eigenvalue weighted by atomic mass is 14.3. The zero-order valence-electron chi connectivity index (χ0n) is 9.58. The van der Waals surface area contributed by atoms with E-state index in [2.05, 4.69) is 37.3 Å². The number of aryl methyl sites for hydroxylation is 1. The Balaban J connectivity index is 0.000000114. The van der Waals surface area contributed by atoms with Crippen LogP contribution in [0.5, 0.6) is 0 Å². The maximum absolute atomic E-state index is 2.42. The van der Waals surface area contributed by atoms with Crippen LogP contribution in [0.15, 0.2) is 42.0 Å². The normalized spacial score (nSPS) is 21.9. The predicted molar refractivity (Wildman–Crippen MR) is 65.9 cm³/mol. The van der Waals surface area contributed by atoms with E-state index >= 15 is 0 Å². The van der Waals surface area contributed by atoms with E-state index in [1.807, 2.05) is 6.07 Å². The summed E-state index contributed by atoms with van der Waals surface area (Å²) in [5.41, 5.74) is 3.15. The van der Waals surface area contributed by atoms with Gasteiger partial charge in [-0.25, -0.2) is 0 Å². The SMILES string of the molecule is C1=C2CCC(C1)C2.CCc1ccccc1. The molecule has 1 atom stereocenters. The molecule has 0 heteroatoms. The largest absolute Gasteiger partial charge is 0.0850 e. The van der Waals surface area contributed by atoms with Gasteiger partial charge in [0.25, 0.3) is 0 Å². The highest BCUT2D eigenvalue weighted by molar-refractivity contribution is 5.15. The van der Waals surface area contributed by atoms with Crippen molar-refractivity contribution in [1.82, 2.24) is 0 Å². The fourth-order valence-corrected chi connectivity index (χ4v) is 2.40. The van der Waals surface area contributed by atoms with Gasteiger partial charge in [-0.05, 0) is 43.6 Å². The highest BCUT2D eigenvalue weighted by Gasteiger charge is 2.22. The van der Waals surface area contributed by atoms with Crippen LogP contribution < -0.4 is 0 Å². The van der Waals surface area contributed by atoms with Crippen LogP contribution in [0.1, 0.15) is 38.2 Å². The number of benzene rings is 1. The van der Waals surface area contributed by atoms with Crippen LogP contribution in [-0.4, -0.2) is 0 Å². The Morgan fingerprint density at radius 3 is 2.27 bits per heavy atom. The van der Waals surface area contributed by atoms with Gasteiger partial charge in [0.05, 0.1) is 0 Å². The van der Waals surface area contributed by atoms with Crippen molar-refractivity contribution in [3.8, 4) is 0 Å². The van der Waals surface area contributed by atoms with Crippen LogP contribution in [0, 0.1) is 5.92 Å². The molecule has 0 nitrogen and oxygen atoms in total. The van der Waals surface area contributed by atoms with Crippen molar-refractivity contribution in [3.63, 3.8) is 0 Å². The molecular weight excluding hydrogens is 180 g/mol. The van der Waals surface area contributed by atoms with Crippen molar-refractivity contribution in [2.24, 2.45) is 5.92 Å². The minimum atomic E-state index is 1.08. The summed E-state index contributed by atoms with van der Waals surface area (Å²) in [5, 5.41) is 0. The lowest BCUT2D eigenvalue weighted by atomic mass is 10.1. The van der Waals surface area contributed by atoms with E-state index in [4.69, 9.17) is 0 Å². The Labute approximate surface area is 93.0 Å². The lowest BCUT2D eigenvalue weighted by Crippen LogP contribution is -1.85. The van der Waals surface area contributed by atoms with Crippen LogP contribution in [-0.2, 0) is 6.42 Å². The molecular formula is C15H20. The summed E-state index contributed by atoms with van der Waals surface area (Å²) in [6.07, 6.45) is 9.32. The second kappa shape index (κ2) is 5.16. The number of hydrogen-bond acceptors (Lipinski definition) is 0. The number of allylic oxidation sites excluding steroid dienone is 2. The van der Waals surface area contributed by atoms with E-state index in [0.29, 0.717) is 0 Å². The smallest absolute Gasteiger partial charge is 0.0289 e. The first-order valence-electron chi connectivity index (χ1n) is 6.10. The molecule has 0 saturated heterocycles. The van der Waals surface area contributed by atoms with Gasteiger partial charge in [0.2, 0.25) is 0 Å². The molecule has 80 valence electrons. The van der Waals surface area contributed by atoms with Gasteiger partial charge in [-0.1, -0.05) is 48.9 Å². The van der Waals surface area contributed by atoms with Gasteiger partial charge in [-0.15, -0.1) is 0 Å².